The van der Waals surface area contributed by atoms with Crippen molar-refractivity contribution >= 4 is 17.8 Å². The highest BCUT2D eigenvalue weighted by Crippen LogP contribution is 2.17. The van der Waals surface area contributed by atoms with Crippen molar-refractivity contribution in [1.29, 1.82) is 0 Å². The monoisotopic (exact) mass is 422 g/mol. The average Bonchev–Trinajstić information content (AvgIpc) is 3.25. The van der Waals surface area contributed by atoms with Gasteiger partial charge in [-0.1, -0.05) is 30.3 Å². The van der Waals surface area contributed by atoms with Gasteiger partial charge in [0.15, 0.2) is 6.29 Å². The van der Waals surface area contributed by atoms with Gasteiger partial charge in [0, 0.05) is 51.0 Å². The van der Waals surface area contributed by atoms with E-state index in [0.29, 0.717) is 12.6 Å². The molecule has 4 rings (SSSR count). The largest absolute Gasteiger partial charge is 0.366 e. The van der Waals surface area contributed by atoms with Crippen molar-refractivity contribution in [3.8, 4) is 0 Å². The summed E-state index contributed by atoms with van der Waals surface area (Å²) >= 11 is 0. The molecular weight excluding hydrogens is 392 g/mol. The number of carbonyl (C=O) groups excluding carboxylic acids is 1. The Kier molecular flexibility index (Phi) is 7.65. The lowest BCUT2D eigenvalue weighted by Crippen LogP contribution is -2.32. The lowest BCUT2D eigenvalue weighted by molar-refractivity contribution is -0.198. The molecule has 2 atom stereocenters. The quantitative estimate of drug-likeness (QED) is 0.502. The van der Waals surface area contributed by atoms with Crippen molar-refractivity contribution in [1.82, 2.24) is 15.4 Å². The van der Waals surface area contributed by atoms with Gasteiger partial charge in [-0.15, -0.1) is 0 Å². The zero-order valence-electron chi connectivity index (χ0n) is 17.7. The number of rotatable bonds is 8. The molecule has 2 aromatic rings. The second kappa shape index (κ2) is 11.0. The molecule has 7 heteroatoms. The summed E-state index contributed by atoms with van der Waals surface area (Å²) in [4.78, 5) is 24.1. The predicted octanol–water partition coefficient (Wildman–Crippen LogP) is 3.36. The first-order chi connectivity index (χ1) is 15.2. The zero-order chi connectivity index (χ0) is 21.3. The molecule has 31 heavy (non-hydrogen) atoms. The minimum absolute atomic E-state index is 0.319. The van der Waals surface area contributed by atoms with Crippen LogP contribution in [-0.2, 0) is 20.9 Å². The van der Waals surface area contributed by atoms with E-state index in [1.54, 1.807) is 12.3 Å². The molecule has 2 aliphatic heterocycles. The highest BCUT2D eigenvalue weighted by Gasteiger charge is 2.22. The predicted molar refractivity (Wildman–Crippen MR) is 120 cm³/mol. The summed E-state index contributed by atoms with van der Waals surface area (Å²) in [6, 6.07) is 14.9. The molecule has 2 unspecified atom stereocenters. The van der Waals surface area contributed by atoms with Crippen LogP contribution in [0.25, 0.3) is 6.08 Å². The normalized spacial score (nSPS) is 21.9. The van der Waals surface area contributed by atoms with Crippen LogP contribution in [0.1, 0.15) is 36.8 Å². The number of benzene rings is 1. The zero-order valence-corrected chi connectivity index (χ0v) is 17.7. The first kappa shape index (κ1) is 21.5. The summed E-state index contributed by atoms with van der Waals surface area (Å²) in [6.07, 6.45) is 8.55. The van der Waals surface area contributed by atoms with Gasteiger partial charge >= 0.3 is 0 Å². The van der Waals surface area contributed by atoms with Gasteiger partial charge in [0.1, 0.15) is 5.82 Å². The van der Waals surface area contributed by atoms with Gasteiger partial charge < -0.3 is 10.1 Å². The number of hydrogen-bond donors (Lipinski definition) is 2. The summed E-state index contributed by atoms with van der Waals surface area (Å²) in [5.41, 5.74) is 4.61. The number of aromatic nitrogens is 1. The lowest BCUT2D eigenvalue weighted by atomic mass is 10.2. The van der Waals surface area contributed by atoms with E-state index < -0.39 is 0 Å². The Bertz CT molecular complexity index is 851. The Morgan fingerprint density at radius 1 is 1.19 bits per heavy atom. The highest BCUT2D eigenvalue weighted by atomic mass is 16.8. The topological polar surface area (TPSA) is 75.7 Å². The van der Waals surface area contributed by atoms with E-state index in [1.165, 1.54) is 11.6 Å². The molecule has 2 aliphatic rings. The number of nitrogens with one attached hydrogen (secondary N) is 2. The van der Waals surface area contributed by atoms with Crippen molar-refractivity contribution < 1.29 is 14.4 Å². The van der Waals surface area contributed by atoms with Gasteiger partial charge in [0.25, 0.3) is 5.91 Å². The summed E-state index contributed by atoms with van der Waals surface area (Å²) < 4.78 is 5.41. The van der Waals surface area contributed by atoms with Crippen molar-refractivity contribution in [3.63, 3.8) is 0 Å². The molecule has 0 aliphatic carbocycles. The fourth-order valence-electron chi connectivity index (χ4n) is 3.87. The number of likely N-dealkylation sites (tertiary alicyclic amines) is 1. The molecule has 0 spiro atoms. The van der Waals surface area contributed by atoms with Gasteiger partial charge in [-0.25, -0.2) is 15.3 Å². The summed E-state index contributed by atoms with van der Waals surface area (Å²) in [7, 11) is 0. The van der Waals surface area contributed by atoms with Gasteiger partial charge in [-0.3, -0.25) is 9.69 Å². The lowest BCUT2D eigenvalue weighted by Gasteiger charge is -2.21. The summed E-state index contributed by atoms with van der Waals surface area (Å²) in [5, 5.41) is 3.52. The maximum absolute atomic E-state index is 11.9. The van der Waals surface area contributed by atoms with Crippen molar-refractivity contribution in [2.45, 2.75) is 44.6 Å². The van der Waals surface area contributed by atoms with Gasteiger partial charge in [0.2, 0.25) is 0 Å². The fourth-order valence-corrected chi connectivity index (χ4v) is 3.87. The van der Waals surface area contributed by atoms with Crippen LogP contribution in [0, 0.1) is 0 Å². The summed E-state index contributed by atoms with van der Waals surface area (Å²) in [6.45, 7) is 3.74. The maximum atomic E-state index is 11.9. The smallest absolute Gasteiger partial charge is 0.267 e. The standard InChI is InChI=1S/C24H30N4O3/c29-23(27-31-24-8-4-5-15-30-24)12-10-19-9-11-22(25-16-19)26-21-13-14-28(18-21)17-20-6-2-1-3-7-20/h1-3,6-7,9-12,16,21,24H,4-5,8,13-15,17-18H2,(H,25,26)(H,27,29)/b12-10+. The molecule has 1 aromatic heterocycles. The number of amides is 1. The molecule has 0 radical (unpaired) electrons. The molecule has 7 nitrogen and oxygen atoms in total. The van der Waals surface area contributed by atoms with E-state index in [1.807, 2.05) is 12.1 Å². The number of ether oxygens (including phenoxy) is 1. The van der Waals surface area contributed by atoms with E-state index in [0.717, 1.165) is 56.7 Å². The third-order valence-corrected chi connectivity index (χ3v) is 5.52. The third kappa shape index (κ3) is 6.89. The van der Waals surface area contributed by atoms with E-state index in [4.69, 9.17) is 9.57 Å². The van der Waals surface area contributed by atoms with Crippen molar-refractivity contribution in [3.05, 3.63) is 65.9 Å². The Balaban J connectivity index is 1.19. The fraction of sp³-hybridized carbons (Fsp3) is 0.417. The van der Waals surface area contributed by atoms with Crippen LogP contribution in [0.4, 0.5) is 5.82 Å². The molecule has 2 saturated heterocycles. The minimum atomic E-state index is -0.350. The summed E-state index contributed by atoms with van der Waals surface area (Å²) in [5.74, 6) is 0.534. The van der Waals surface area contributed by atoms with Crippen LogP contribution >= 0.6 is 0 Å². The molecule has 2 fully saturated rings. The van der Waals surface area contributed by atoms with Crippen LogP contribution in [-0.4, -0.2) is 47.8 Å². The SMILES string of the molecule is O=C(/C=C/c1ccc(NC2CCN(Cc3ccccc3)C2)nc1)NOC1CCCCO1. The van der Waals surface area contributed by atoms with E-state index in [2.05, 4.69) is 51.0 Å². The number of hydrogen-bond acceptors (Lipinski definition) is 6. The van der Waals surface area contributed by atoms with Crippen LogP contribution in [0.15, 0.2) is 54.7 Å². The maximum Gasteiger partial charge on any atom is 0.267 e. The van der Waals surface area contributed by atoms with Crippen LogP contribution in [0.2, 0.25) is 0 Å². The minimum Gasteiger partial charge on any atom is -0.366 e. The molecule has 164 valence electrons. The molecule has 2 N–H and O–H groups in total. The van der Waals surface area contributed by atoms with Gasteiger partial charge in [-0.05, 0) is 48.6 Å². The Hall–Kier alpha value is -2.74. The van der Waals surface area contributed by atoms with Gasteiger partial charge in [-0.2, -0.15) is 0 Å². The van der Waals surface area contributed by atoms with Crippen LogP contribution in [0.5, 0.6) is 0 Å². The second-order valence-corrected chi connectivity index (χ2v) is 8.04. The van der Waals surface area contributed by atoms with Crippen molar-refractivity contribution in [2.24, 2.45) is 0 Å². The first-order valence-electron chi connectivity index (χ1n) is 11.0. The molecule has 3 heterocycles. The van der Waals surface area contributed by atoms with E-state index >= 15 is 0 Å². The molecule has 1 amide bonds. The van der Waals surface area contributed by atoms with Crippen molar-refractivity contribution in [2.75, 3.05) is 25.0 Å². The third-order valence-electron chi connectivity index (χ3n) is 5.52. The average molecular weight is 423 g/mol. The Morgan fingerprint density at radius 2 is 2.10 bits per heavy atom. The van der Waals surface area contributed by atoms with Crippen LogP contribution < -0.4 is 10.8 Å². The Morgan fingerprint density at radius 3 is 2.87 bits per heavy atom. The number of hydroxylamine groups is 1. The molecular formula is C24H30N4O3. The first-order valence-corrected chi connectivity index (χ1v) is 11.0. The highest BCUT2D eigenvalue weighted by molar-refractivity contribution is 5.90. The number of nitrogens with zero attached hydrogens (tertiary/aromatic N) is 2. The number of carbonyl (C=O) groups is 1. The van der Waals surface area contributed by atoms with Crippen LogP contribution in [0.3, 0.4) is 0 Å². The molecule has 0 saturated carbocycles. The van der Waals surface area contributed by atoms with E-state index in [9.17, 15) is 4.79 Å². The number of anilines is 1. The Labute approximate surface area is 183 Å². The van der Waals surface area contributed by atoms with Gasteiger partial charge in [0.05, 0.1) is 0 Å². The second-order valence-electron chi connectivity index (χ2n) is 8.04. The van der Waals surface area contributed by atoms with E-state index in [-0.39, 0.29) is 12.2 Å². The molecule has 1 aromatic carbocycles. The molecule has 0 bridgehead atoms. The number of pyridine rings is 1.